The number of carbonyl (C=O) groups is 1. The normalized spacial score (nSPS) is 24.4. The summed E-state index contributed by atoms with van der Waals surface area (Å²) in [5, 5.41) is 8.94. The van der Waals surface area contributed by atoms with E-state index in [1.165, 1.54) is 12.0 Å². The van der Waals surface area contributed by atoms with Crippen molar-refractivity contribution in [1.82, 2.24) is 4.90 Å². The maximum atomic E-state index is 12.2. The van der Waals surface area contributed by atoms with Crippen LogP contribution in [0, 0.1) is 5.92 Å². The predicted molar refractivity (Wildman–Crippen MR) is 53.2 cm³/mol. The second-order valence-electron chi connectivity index (χ2n) is 4.18. The average molecular weight is 255 g/mol. The monoisotopic (exact) mass is 255 g/mol. The predicted octanol–water partition coefficient (Wildman–Crippen LogP) is 0.795. The Hall–Kier alpha value is -0.820. The third-order valence-electron chi connectivity index (χ3n) is 2.85. The van der Waals surface area contributed by atoms with Gasteiger partial charge in [0.05, 0.1) is 13.0 Å². The molecule has 0 aliphatic carbocycles. The molecule has 0 amide bonds. The molecule has 2 unspecified atom stereocenters. The van der Waals surface area contributed by atoms with Crippen LogP contribution in [0.25, 0.3) is 0 Å². The number of aliphatic hydroxyl groups excluding tert-OH is 1. The molecule has 0 aromatic heterocycles. The van der Waals surface area contributed by atoms with E-state index in [4.69, 9.17) is 5.11 Å². The number of likely N-dealkylation sites (tertiary alicyclic amines) is 1. The van der Waals surface area contributed by atoms with E-state index >= 15 is 0 Å². The van der Waals surface area contributed by atoms with Gasteiger partial charge >= 0.3 is 12.1 Å². The van der Waals surface area contributed by atoms with E-state index in [1.807, 2.05) is 0 Å². The summed E-state index contributed by atoms with van der Waals surface area (Å²) >= 11 is 0. The average Bonchev–Trinajstić information content (AvgIpc) is 2.27. The molecule has 1 N–H and O–H groups in total. The maximum absolute atomic E-state index is 12.2. The summed E-state index contributed by atoms with van der Waals surface area (Å²) in [4.78, 5) is 12.7. The Labute approximate surface area is 97.3 Å². The van der Waals surface area contributed by atoms with Crippen LogP contribution in [0.2, 0.25) is 0 Å². The fourth-order valence-electron chi connectivity index (χ4n) is 1.93. The minimum Gasteiger partial charge on any atom is -0.469 e. The van der Waals surface area contributed by atoms with Gasteiger partial charge < -0.3 is 9.84 Å². The first kappa shape index (κ1) is 14.2. The zero-order chi connectivity index (χ0) is 13.1. The molecule has 1 fully saturated rings. The Balaban J connectivity index is 2.47. The van der Waals surface area contributed by atoms with E-state index in [-0.39, 0.29) is 6.54 Å². The first-order chi connectivity index (χ1) is 7.84. The van der Waals surface area contributed by atoms with Crippen molar-refractivity contribution in [2.45, 2.75) is 25.1 Å². The third-order valence-corrected chi connectivity index (χ3v) is 2.85. The van der Waals surface area contributed by atoms with Gasteiger partial charge in [0.1, 0.15) is 0 Å². The highest BCUT2D eigenvalue weighted by atomic mass is 19.4. The van der Waals surface area contributed by atoms with Crippen LogP contribution in [0.3, 0.4) is 0 Å². The van der Waals surface area contributed by atoms with Gasteiger partial charge in [-0.1, -0.05) is 0 Å². The summed E-state index contributed by atoms with van der Waals surface area (Å²) in [5.41, 5.74) is 0. The van der Waals surface area contributed by atoms with Crippen LogP contribution in [0.15, 0.2) is 0 Å². The minimum absolute atomic E-state index is 0.208. The van der Waals surface area contributed by atoms with Gasteiger partial charge in [0.15, 0.2) is 6.10 Å². The number of carbonyl (C=O) groups excluding carboxylic acids is 1. The number of β-amino-alcohol motifs (C(OH)–C–C–N with tert-alkyl or cyclic N) is 1. The number of methoxy groups -OCH3 is 1. The molecule has 0 spiro atoms. The number of piperidine rings is 1. The van der Waals surface area contributed by atoms with Crippen molar-refractivity contribution in [1.29, 1.82) is 0 Å². The van der Waals surface area contributed by atoms with Gasteiger partial charge in [0, 0.05) is 13.1 Å². The summed E-state index contributed by atoms with van der Waals surface area (Å²) in [6.07, 6.45) is -5.73. The van der Waals surface area contributed by atoms with Crippen molar-refractivity contribution in [3.8, 4) is 0 Å². The molecule has 0 radical (unpaired) electrons. The minimum atomic E-state index is -4.61. The number of halogens is 3. The molecule has 1 rings (SSSR count). The highest BCUT2D eigenvalue weighted by Gasteiger charge is 2.40. The summed E-state index contributed by atoms with van der Waals surface area (Å²) in [5.74, 6) is -0.801. The van der Waals surface area contributed by atoms with Crippen molar-refractivity contribution >= 4 is 5.97 Å². The van der Waals surface area contributed by atoms with E-state index in [2.05, 4.69) is 4.74 Å². The van der Waals surface area contributed by atoms with Crippen LogP contribution in [0.4, 0.5) is 13.2 Å². The maximum Gasteiger partial charge on any atom is 0.415 e. The molecule has 2 atom stereocenters. The van der Waals surface area contributed by atoms with Gasteiger partial charge in [-0.15, -0.1) is 0 Å². The van der Waals surface area contributed by atoms with Crippen LogP contribution in [0.5, 0.6) is 0 Å². The number of hydrogen-bond donors (Lipinski definition) is 1. The standard InChI is InChI=1S/C10H16F3NO3/c1-17-9(16)7-3-2-4-14(5-7)6-8(15)10(11,12)13/h7-8,15H,2-6H2,1H3. The molecule has 1 saturated heterocycles. The van der Waals surface area contributed by atoms with E-state index in [9.17, 15) is 18.0 Å². The molecule has 0 bridgehead atoms. The molecule has 0 aromatic rings. The molecular weight excluding hydrogens is 239 g/mol. The fraction of sp³-hybridized carbons (Fsp3) is 0.900. The quantitative estimate of drug-likeness (QED) is 0.758. The van der Waals surface area contributed by atoms with E-state index < -0.39 is 30.7 Å². The number of alkyl halides is 3. The van der Waals surface area contributed by atoms with Crippen molar-refractivity contribution in [2.75, 3.05) is 26.7 Å². The van der Waals surface area contributed by atoms with Crippen LogP contribution in [0.1, 0.15) is 12.8 Å². The second-order valence-corrected chi connectivity index (χ2v) is 4.18. The SMILES string of the molecule is COC(=O)C1CCCN(CC(O)C(F)(F)F)C1. The third kappa shape index (κ3) is 4.16. The topological polar surface area (TPSA) is 49.8 Å². The Bertz CT molecular complexity index is 270. The van der Waals surface area contributed by atoms with Gasteiger partial charge in [-0.2, -0.15) is 13.2 Å². The highest BCUT2D eigenvalue weighted by Crippen LogP contribution is 2.23. The molecule has 1 heterocycles. The van der Waals surface area contributed by atoms with Crippen molar-refractivity contribution < 1.29 is 27.8 Å². The molecular formula is C10H16F3NO3. The lowest BCUT2D eigenvalue weighted by Gasteiger charge is -2.32. The lowest BCUT2D eigenvalue weighted by molar-refractivity contribution is -0.209. The number of ether oxygens (including phenoxy) is 1. The number of rotatable bonds is 3. The van der Waals surface area contributed by atoms with Gasteiger partial charge in [-0.25, -0.2) is 0 Å². The lowest BCUT2D eigenvalue weighted by Crippen LogP contribution is -2.46. The van der Waals surface area contributed by atoms with Gasteiger partial charge in [0.25, 0.3) is 0 Å². The zero-order valence-corrected chi connectivity index (χ0v) is 9.54. The van der Waals surface area contributed by atoms with Crippen molar-refractivity contribution in [2.24, 2.45) is 5.92 Å². The molecule has 100 valence electrons. The summed E-state index contributed by atoms with van der Waals surface area (Å²) in [6, 6.07) is 0. The van der Waals surface area contributed by atoms with Gasteiger partial charge in [-0.3, -0.25) is 9.69 Å². The number of hydrogen-bond acceptors (Lipinski definition) is 4. The Morgan fingerprint density at radius 3 is 2.76 bits per heavy atom. The number of aliphatic hydroxyl groups is 1. The highest BCUT2D eigenvalue weighted by molar-refractivity contribution is 5.72. The molecule has 4 nitrogen and oxygen atoms in total. The van der Waals surface area contributed by atoms with E-state index in [0.29, 0.717) is 19.4 Å². The molecule has 0 saturated carbocycles. The van der Waals surface area contributed by atoms with E-state index in [1.54, 1.807) is 0 Å². The molecule has 17 heavy (non-hydrogen) atoms. The van der Waals surface area contributed by atoms with E-state index in [0.717, 1.165) is 0 Å². The summed E-state index contributed by atoms with van der Waals surface area (Å²) < 4.78 is 41.0. The smallest absolute Gasteiger partial charge is 0.415 e. The first-order valence-electron chi connectivity index (χ1n) is 5.39. The molecule has 1 aliphatic rings. The van der Waals surface area contributed by atoms with Gasteiger partial charge in [0.2, 0.25) is 0 Å². The first-order valence-corrected chi connectivity index (χ1v) is 5.39. The summed E-state index contributed by atoms with van der Waals surface area (Å²) in [7, 11) is 1.26. The zero-order valence-electron chi connectivity index (χ0n) is 9.54. The number of esters is 1. The van der Waals surface area contributed by atoms with Crippen molar-refractivity contribution in [3.05, 3.63) is 0 Å². The molecule has 7 heteroatoms. The van der Waals surface area contributed by atoms with Crippen LogP contribution in [-0.2, 0) is 9.53 Å². The summed E-state index contributed by atoms with van der Waals surface area (Å²) in [6.45, 7) is 0.178. The van der Waals surface area contributed by atoms with Crippen LogP contribution in [-0.4, -0.2) is 55.0 Å². The molecule has 1 aliphatic heterocycles. The largest absolute Gasteiger partial charge is 0.469 e. The Morgan fingerprint density at radius 1 is 1.59 bits per heavy atom. The van der Waals surface area contributed by atoms with Gasteiger partial charge in [-0.05, 0) is 19.4 Å². The molecule has 0 aromatic carbocycles. The number of nitrogens with zero attached hydrogens (tertiary/aromatic N) is 1. The van der Waals surface area contributed by atoms with Crippen molar-refractivity contribution in [3.63, 3.8) is 0 Å². The lowest BCUT2D eigenvalue weighted by atomic mass is 9.98. The Kier molecular flexibility index (Phi) is 4.76. The second kappa shape index (κ2) is 5.68. The Morgan fingerprint density at radius 2 is 2.24 bits per heavy atom. The van der Waals surface area contributed by atoms with Crippen LogP contribution >= 0.6 is 0 Å². The fourth-order valence-corrected chi connectivity index (χ4v) is 1.93. The van der Waals surface area contributed by atoms with Crippen LogP contribution < -0.4 is 0 Å².